The highest BCUT2D eigenvalue weighted by molar-refractivity contribution is 9.13. The maximum absolute atomic E-state index is 11.0. The van der Waals surface area contributed by atoms with Crippen LogP contribution in [0.1, 0.15) is 13.3 Å². The Bertz CT molecular complexity index is 323. The van der Waals surface area contributed by atoms with Crippen molar-refractivity contribution >= 4 is 37.8 Å². The summed E-state index contributed by atoms with van der Waals surface area (Å²) in [7, 11) is 0. The Morgan fingerprint density at radius 3 is 2.77 bits per heavy atom. The quantitative estimate of drug-likeness (QED) is 0.617. The Morgan fingerprint density at radius 1 is 1.46 bits per heavy atom. The first-order chi connectivity index (χ1) is 6.15. The van der Waals surface area contributed by atoms with E-state index in [0.29, 0.717) is 12.2 Å². The summed E-state index contributed by atoms with van der Waals surface area (Å²) in [4.78, 5) is 11.0. The number of hydrogen-bond acceptors (Lipinski definition) is 2. The first kappa shape index (κ1) is 10.7. The average molecular weight is 308 g/mol. The van der Waals surface area contributed by atoms with Crippen LogP contribution in [0.15, 0.2) is 27.1 Å². The lowest BCUT2D eigenvalue weighted by molar-refractivity contribution is -0.134. The summed E-state index contributed by atoms with van der Waals surface area (Å²) in [5.74, 6) is 0.306. The van der Waals surface area contributed by atoms with Crippen LogP contribution in [-0.2, 0) is 4.79 Å². The van der Waals surface area contributed by atoms with Gasteiger partial charge in [-0.2, -0.15) is 0 Å². The van der Waals surface area contributed by atoms with Crippen molar-refractivity contribution in [2.24, 2.45) is 0 Å². The Hall–Kier alpha value is -0.350. The van der Waals surface area contributed by atoms with Crippen LogP contribution in [0.4, 0.5) is 0 Å². The molecule has 0 N–H and O–H groups in total. The van der Waals surface area contributed by atoms with E-state index in [1.165, 1.54) is 0 Å². The van der Waals surface area contributed by atoms with Gasteiger partial charge in [0.1, 0.15) is 5.75 Å². The molecule has 0 unspecified atom stereocenters. The van der Waals surface area contributed by atoms with Crippen LogP contribution in [0.2, 0.25) is 0 Å². The normalized spacial score (nSPS) is 9.77. The second-order valence-electron chi connectivity index (χ2n) is 2.38. The molecule has 2 nitrogen and oxygen atoms in total. The van der Waals surface area contributed by atoms with Crippen LogP contribution in [-0.4, -0.2) is 5.97 Å². The maximum Gasteiger partial charge on any atom is 0.310 e. The van der Waals surface area contributed by atoms with Crippen LogP contribution >= 0.6 is 31.9 Å². The Balaban J connectivity index is 2.89. The van der Waals surface area contributed by atoms with Crippen LogP contribution in [0, 0.1) is 0 Å². The minimum Gasteiger partial charge on any atom is -0.425 e. The van der Waals surface area contributed by atoms with E-state index >= 15 is 0 Å². The number of hydrogen-bond donors (Lipinski definition) is 0. The van der Waals surface area contributed by atoms with Gasteiger partial charge in [0.15, 0.2) is 0 Å². The van der Waals surface area contributed by atoms with Gasteiger partial charge in [0.2, 0.25) is 0 Å². The van der Waals surface area contributed by atoms with Gasteiger partial charge in [0, 0.05) is 10.9 Å². The van der Waals surface area contributed by atoms with Crippen LogP contribution < -0.4 is 4.74 Å². The molecule has 0 fully saturated rings. The predicted octanol–water partition coefficient (Wildman–Crippen LogP) is 3.53. The summed E-state index contributed by atoms with van der Waals surface area (Å²) in [6.07, 6.45) is 0.374. The number of carbonyl (C=O) groups is 1. The smallest absolute Gasteiger partial charge is 0.310 e. The van der Waals surface area contributed by atoms with Gasteiger partial charge in [0.25, 0.3) is 0 Å². The third-order valence-electron chi connectivity index (χ3n) is 1.43. The zero-order valence-electron chi connectivity index (χ0n) is 7.01. The van der Waals surface area contributed by atoms with E-state index in [1.807, 2.05) is 12.1 Å². The lowest BCUT2D eigenvalue weighted by atomic mass is 10.3. The highest BCUT2D eigenvalue weighted by atomic mass is 79.9. The molecule has 1 rings (SSSR count). The van der Waals surface area contributed by atoms with Gasteiger partial charge < -0.3 is 4.74 Å². The molecule has 4 heteroatoms. The van der Waals surface area contributed by atoms with Crippen molar-refractivity contribution in [2.75, 3.05) is 0 Å². The SMILES string of the molecule is CCC(=O)Oc1cccc(Br)c1Br. The molecular weight excluding hydrogens is 300 g/mol. The van der Waals surface area contributed by atoms with Crippen molar-refractivity contribution in [3.8, 4) is 5.75 Å². The molecule has 0 aliphatic rings. The topological polar surface area (TPSA) is 26.3 Å². The van der Waals surface area contributed by atoms with Crippen molar-refractivity contribution in [3.05, 3.63) is 27.1 Å². The Kier molecular flexibility index (Phi) is 3.93. The van der Waals surface area contributed by atoms with E-state index in [-0.39, 0.29) is 5.97 Å². The molecule has 0 aromatic heterocycles. The highest BCUT2D eigenvalue weighted by Crippen LogP contribution is 2.32. The molecule has 0 radical (unpaired) electrons. The lowest BCUT2D eigenvalue weighted by Crippen LogP contribution is -2.05. The number of rotatable bonds is 2. The fourth-order valence-electron chi connectivity index (χ4n) is 0.758. The number of esters is 1. The fourth-order valence-corrected chi connectivity index (χ4v) is 1.45. The third kappa shape index (κ3) is 2.81. The van der Waals surface area contributed by atoms with Gasteiger partial charge >= 0.3 is 5.97 Å². The first-order valence-corrected chi connectivity index (χ1v) is 5.38. The first-order valence-electron chi connectivity index (χ1n) is 3.80. The summed E-state index contributed by atoms with van der Waals surface area (Å²) in [5.41, 5.74) is 0. The van der Waals surface area contributed by atoms with Crippen molar-refractivity contribution < 1.29 is 9.53 Å². The van der Waals surface area contributed by atoms with Gasteiger partial charge in [-0.1, -0.05) is 13.0 Å². The molecule has 0 saturated heterocycles. The van der Waals surface area contributed by atoms with Gasteiger partial charge in [-0.15, -0.1) is 0 Å². The van der Waals surface area contributed by atoms with Crippen LogP contribution in [0.25, 0.3) is 0 Å². The van der Waals surface area contributed by atoms with Gasteiger partial charge in [0.05, 0.1) is 4.47 Å². The largest absolute Gasteiger partial charge is 0.425 e. The fraction of sp³-hybridized carbons (Fsp3) is 0.222. The van der Waals surface area contributed by atoms with E-state index in [4.69, 9.17) is 4.74 Å². The minimum absolute atomic E-state index is 0.237. The predicted molar refractivity (Wildman–Crippen MR) is 57.8 cm³/mol. The lowest BCUT2D eigenvalue weighted by Gasteiger charge is -2.05. The van der Waals surface area contributed by atoms with Gasteiger partial charge in [-0.3, -0.25) is 4.79 Å². The zero-order valence-corrected chi connectivity index (χ0v) is 10.2. The van der Waals surface area contributed by atoms with Gasteiger partial charge in [-0.25, -0.2) is 0 Å². The number of halogens is 2. The molecule has 70 valence electrons. The van der Waals surface area contributed by atoms with E-state index < -0.39 is 0 Å². The number of carbonyl (C=O) groups excluding carboxylic acids is 1. The number of ether oxygens (including phenoxy) is 1. The zero-order chi connectivity index (χ0) is 9.84. The molecular formula is C9H8Br2O2. The molecule has 1 aromatic carbocycles. The number of benzene rings is 1. The van der Waals surface area contributed by atoms with Crippen molar-refractivity contribution in [2.45, 2.75) is 13.3 Å². The monoisotopic (exact) mass is 306 g/mol. The van der Waals surface area contributed by atoms with Crippen molar-refractivity contribution in [3.63, 3.8) is 0 Å². The van der Waals surface area contributed by atoms with Crippen LogP contribution in [0.5, 0.6) is 5.75 Å². The second kappa shape index (κ2) is 4.77. The van der Waals surface area contributed by atoms with E-state index in [9.17, 15) is 4.79 Å². The maximum atomic E-state index is 11.0. The van der Waals surface area contributed by atoms with Crippen molar-refractivity contribution in [1.82, 2.24) is 0 Å². The average Bonchev–Trinajstić information content (AvgIpc) is 2.13. The molecule has 0 aliphatic carbocycles. The van der Waals surface area contributed by atoms with E-state index in [0.717, 1.165) is 8.95 Å². The molecule has 0 amide bonds. The molecule has 0 bridgehead atoms. The molecule has 0 aliphatic heterocycles. The summed E-state index contributed by atoms with van der Waals surface area (Å²) < 4.78 is 6.69. The van der Waals surface area contributed by atoms with E-state index in [2.05, 4.69) is 31.9 Å². The minimum atomic E-state index is -0.237. The molecule has 0 heterocycles. The summed E-state index contributed by atoms with van der Waals surface area (Å²) >= 11 is 6.63. The molecule has 0 atom stereocenters. The molecule has 1 aromatic rings. The molecule has 0 saturated carbocycles. The summed E-state index contributed by atoms with van der Waals surface area (Å²) in [5, 5.41) is 0. The molecule has 0 spiro atoms. The van der Waals surface area contributed by atoms with Crippen LogP contribution in [0.3, 0.4) is 0 Å². The van der Waals surface area contributed by atoms with Gasteiger partial charge in [-0.05, 0) is 44.0 Å². The highest BCUT2D eigenvalue weighted by Gasteiger charge is 2.07. The standard InChI is InChI=1S/C9H8Br2O2/c1-2-8(12)13-7-5-3-4-6(10)9(7)11/h3-5H,2H2,1H3. The summed E-state index contributed by atoms with van der Waals surface area (Å²) in [6.45, 7) is 1.76. The second-order valence-corrected chi connectivity index (χ2v) is 4.03. The van der Waals surface area contributed by atoms with E-state index in [1.54, 1.807) is 13.0 Å². The Morgan fingerprint density at radius 2 is 2.15 bits per heavy atom. The van der Waals surface area contributed by atoms with Crippen molar-refractivity contribution in [1.29, 1.82) is 0 Å². The molecule has 13 heavy (non-hydrogen) atoms. The summed E-state index contributed by atoms with van der Waals surface area (Å²) in [6, 6.07) is 5.42. The third-order valence-corrected chi connectivity index (χ3v) is 3.44. The Labute approximate surface area is 93.5 Å².